The van der Waals surface area contributed by atoms with Crippen LogP contribution in [0.15, 0.2) is 12.1 Å². The average Bonchev–Trinajstić information content (AvgIpc) is 2.77. The van der Waals surface area contributed by atoms with Crippen molar-refractivity contribution in [2.45, 2.75) is 32.1 Å². The Morgan fingerprint density at radius 2 is 1.64 bits per heavy atom. The van der Waals surface area contributed by atoms with Gasteiger partial charge < -0.3 is 14.2 Å². The number of ether oxygens (including phenoxy) is 3. The highest BCUT2D eigenvalue weighted by atomic mass is 16.5. The van der Waals surface area contributed by atoms with Crippen LogP contribution in [0.2, 0.25) is 0 Å². The van der Waals surface area contributed by atoms with Gasteiger partial charge in [0.15, 0.2) is 17.3 Å². The van der Waals surface area contributed by atoms with E-state index in [0.29, 0.717) is 35.7 Å². The summed E-state index contributed by atoms with van der Waals surface area (Å²) < 4.78 is 15.8. The van der Waals surface area contributed by atoms with E-state index in [0.717, 1.165) is 19.3 Å². The van der Waals surface area contributed by atoms with Crippen LogP contribution in [0.3, 0.4) is 0 Å². The van der Waals surface area contributed by atoms with Gasteiger partial charge in [0.2, 0.25) is 5.75 Å². The van der Waals surface area contributed by atoms with Crippen LogP contribution in [0.1, 0.15) is 42.5 Å². The largest absolute Gasteiger partial charge is 0.493 e. The lowest BCUT2D eigenvalue weighted by molar-refractivity contribution is -0.121. The molecule has 1 aromatic carbocycles. The molecule has 1 atom stereocenters. The van der Waals surface area contributed by atoms with E-state index in [1.165, 1.54) is 21.3 Å². The normalized spacial score (nSPS) is 18.5. The monoisotopic (exact) mass is 306 g/mol. The Morgan fingerprint density at radius 1 is 1.00 bits per heavy atom. The zero-order valence-corrected chi connectivity index (χ0v) is 13.3. The SMILES string of the molecule is COc1cc(C(=O)C2CCCCCC2=O)cc(OC)c1OC. The third kappa shape index (κ3) is 3.24. The Bertz CT molecular complexity index is 539. The second-order valence-electron chi connectivity index (χ2n) is 5.40. The molecule has 1 aliphatic carbocycles. The highest BCUT2D eigenvalue weighted by Gasteiger charge is 2.29. The predicted molar refractivity (Wildman–Crippen MR) is 82.0 cm³/mol. The summed E-state index contributed by atoms with van der Waals surface area (Å²) in [6.07, 6.45) is 3.89. The van der Waals surface area contributed by atoms with Crippen LogP contribution in [0, 0.1) is 5.92 Å². The lowest BCUT2D eigenvalue weighted by Crippen LogP contribution is -2.23. The first kappa shape index (κ1) is 16.3. The molecule has 5 heteroatoms. The highest BCUT2D eigenvalue weighted by molar-refractivity contribution is 6.11. The van der Waals surface area contributed by atoms with E-state index in [1.807, 2.05) is 0 Å². The van der Waals surface area contributed by atoms with Crippen molar-refractivity contribution in [1.29, 1.82) is 0 Å². The molecule has 2 rings (SSSR count). The number of hydrogen-bond donors (Lipinski definition) is 0. The third-order valence-corrected chi connectivity index (χ3v) is 4.07. The van der Waals surface area contributed by atoms with Gasteiger partial charge >= 0.3 is 0 Å². The summed E-state index contributed by atoms with van der Waals surface area (Å²) in [4.78, 5) is 24.9. The van der Waals surface area contributed by atoms with Gasteiger partial charge in [0.05, 0.1) is 27.2 Å². The van der Waals surface area contributed by atoms with Crippen molar-refractivity contribution in [3.8, 4) is 17.2 Å². The van der Waals surface area contributed by atoms with Crippen LogP contribution < -0.4 is 14.2 Å². The van der Waals surface area contributed by atoms with Crippen LogP contribution in [-0.2, 0) is 4.79 Å². The fraction of sp³-hybridized carbons (Fsp3) is 0.529. The molecular formula is C17H22O5. The third-order valence-electron chi connectivity index (χ3n) is 4.07. The quantitative estimate of drug-likeness (QED) is 0.475. The molecule has 0 aromatic heterocycles. The van der Waals surface area contributed by atoms with Gasteiger partial charge in [-0.05, 0) is 25.0 Å². The Kier molecular flexibility index (Phi) is 5.41. The Morgan fingerprint density at radius 3 is 2.18 bits per heavy atom. The number of rotatable bonds is 5. The Labute approximate surface area is 130 Å². The number of carbonyl (C=O) groups excluding carboxylic acids is 2. The first-order chi connectivity index (χ1) is 10.6. The van der Waals surface area contributed by atoms with Crippen molar-refractivity contribution in [1.82, 2.24) is 0 Å². The molecule has 1 aromatic rings. The molecule has 0 aliphatic heterocycles. The summed E-state index contributed by atoms with van der Waals surface area (Å²) in [6.45, 7) is 0. The molecule has 1 saturated carbocycles. The second-order valence-corrected chi connectivity index (χ2v) is 5.40. The van der Waals surface area contributed by atoms with E-state index in [9.17, 15) is 9.59 Å². The summed E-state index contributed by atoms with van der Waals surface area (Å²) in [7, 11) is 4.52. The van der Waals surface area contributed by atoms with Gasteiger partial charge in [-0.1, -0.05) is 12.8 Å². The molecule has 0 bridgehead atoms. The molecular weight excluding hydrogens is 284 g/mol. The second kappa shape index (κ2) is 7.29. The van der Waals surface area contributed by atoms with Crippen LogP contribution >= 0.6 is 0 Å². The Balaban J connectivity index is 2.38. The van der Waals surface area contributed by atoms with Crippen molar-refractivity contribution < 1.29 is 23.8 Å². The van der Waals surface area contributed by atoms with E-state index < -0.39 is 5.92 Å². The summed E-state index contributed by atoms with van der Waals surface area (Å²) in [5, 5.41) is 0. The average molecular weight is 306 g/mol. The smallest absolute Gasteiger partial charge is 0.203 e. The number of carbonyl (C=O) groups is 2. The molecule has 0 heterocycles. The molecule has 0 saturated heterocycles. The van der Waals surface area contributed by atoms with Crippen LogP contribution in [0.4, 0.5) is 0 Å². The fourth-order valence-corrected chi connectivity index (χ4v) is 2.86. The van der Waals surface area contributed by atoms with E-state index in [2.05, 4.69) is 0 Å². The number of methoxy groups -OCH3 is 3. The summed E-state index contributed by atoms with van der Waals surface area (Å²) in [5.41, 5.74) is 0.426. The van der Waals surface area contributed by atoms with Gasteiger partial charge in [-0.3, -0.25) is 9.59 Å². The minimum Gasteiger partial charge on any atom is -0.493 e. The van der Waals surface area contributed by atoms with Crippen molar-refractivity contribution >= 4 is 11.6 Å². The molecule has 1 aliphatic rings. The van der Waals surface area contributed by atoms with Crippen LogP contribution in [0.5, 0.6) is 17.2 Å². The maximum Gasteiger partial charge on any atom is 0.203 e. The van der Waals surface area contributed by atoms with Crippen molar-refractivity contribution in [3.05, 3.63) is 17.7 Å². The first-order valence-electron chi connectivity index (χ1n) is 7.49. The minimum atomic E-state index is -0.551. The molecule has 1 fully saturated rings. The summed E-state index contributed by atoms with van der Waals surface area (Å²) in [6, 6.07) is 3.23. The maximum absolute atomic E-state index is 12.7. The minimum absolute atomic E-state index is 0.0382. The molecule has 0 N–H and O–H groups in total. The standard InChI is InChI=1S/C17H22O5/c1-20-14-9-11(10-15(21-2)17(14)22-3)16(19)12-7-5-4-6-8-13(12)18/h9-10,12H,4-8H2,1-3H3. The van der Waals surface area contributed by atoms with Crippen LogP contribution in [0.25, 0.3) is 0 Å². The van der Waals surface area contributed by atoms with Gasteiger partial charge in [-0.2, -0.15) is 0 Å². The lowest BCUT2D eigenvalue weighted by atomic mass is 9.90. The topological polar surface area (TPSA) is 61.8 Å². The van der Waals surface area contributed by atoms with Crippen molar-refractivity contribution in [2.75, 3.05) is 21.3 Å². The Hall–Kier alpha value is -2.04. The molecule has 5 nitrogen and oxygen atoms in total. The van der Waals surface area contributed by atoms with Gasteiger partial charge in [-0.25, -0.2) is 0 Å². The lowest BCUT2D eigenvalue weighted by Gasteiger charge is -2.16. The number of benzene rings is 1. The molecule has 22 heavy (non-hydrogen) atoms. The molecule has 120 valence electrons. The highest BCUT2D eigenvalue weighted by Crippen LogP contribution is 2.39. The van der Waals surface area contributed by atoms with Gasteiger partial charge in [-0.15, -0.1) is 0 Å². The summed E-state index contributed by atoms with van der Waals surface area (Å²) >= 11 is 0. The zero-order chi connectivity index (χ0) is 16.1. The van der Waals surface area contributed by atoms with Crippen molar-refractivity contribution in [2.24, 2.45) is 5.92 Å². The predicted octanol–water partition coefficient (Wildman–Crippen LogP) is 3.04. The van der Waals surface area contributed by atoms with Gasteiger partial charge in [0.1, 0.15) is 5.78 Å². The van der Waals surface area contributed by atoms with E-state index in [4.69, 9.17) is 14.2 Å². The first-order valence-corrected chi connectivity index (χ1v) is 7.49. The van der Waals surface area contributed by atoms with E-state index >= 15 is 0 Å². The molecule has 0 radical (unpaired) electrons. The number of Topliss-reactive ketones (excluding diaryl/α,β-unsaturated/α-hetero) is 2. The molecule has 0 spiro atoms. The maximum atomic E-state index is 12.7. The van der Waals surface area contributed by atoms with Crippen molar-refractivity contribution in [3.63, 3.8) is 0 Å². The van der Waals surface area contributed by atoms with Crippen LogP contribution in [-0.4, -0.2) is 32.9 Å². The fourth-order valence-electron chi connectivity index (χ4n) is 2.86. The molecule has 0 amide bonds. The zero-order valence-electron chi connectivity index (χ0n) is 13.3. The van der Waals surface area contributed by atoms with E-state index in [-0.39, 0.29) is 11.6 Å². The van der Waals surface area contributed by atoms with E-state index in [1.54, 1.807) is 12.1 Å². The number of ketones is 2. The number of hydrogen-bond acceptors (Lipinski definition) is 5. The molecule has 1 unspecified atom stereocenters. The summed E-state index contributed by atoms with van der Waals surface area (Å²) in [5.74, 6) is 0.610. The van der Waals surface area contributed by atoms with Gasteiger partial charge in [0, 0.05) is 12.0 Å². The van der Waals surface area contributed by atoms with Gasteiger partial charge in [0.25, 0.3) is 0 Å².